The van der Waals surface area contributed by atoms with Crippen LogP contribution in [0.25, 0.3) is 0 Å². The SMILES string of the molecule is C=CC(=C)CCC[PH](CC)(CC)CC. The summed E-state index contributed by atoms with van der Waals surface area (Å²) in [7, 11) is -0.872. The van der Waals surface area contributed by atoms with Gasteiger partial charge >= 0.3 is 90.3 Å². The second kappa shape index (κ2) is 7.23. The van der Waals surface area contributed by atoms with E-state index in [9.17, 15) is 0 Å². The predicted octanol–water partition coefficient (Wildman–Crippen LogP) is 4.32. The molecule has 0 atom stereocenters. The normalized spacial score (nSPS) is 12.5. The fourth-order valence-corrected chi connectivity index (χ4v) is 5.56. The maximum atomic E-state index is 3.97. The van der Waals surface area contributed by atoms with Crippen molar-refractivity contribution in [1.82, 2.24) is 0 Å². The first kappa shape index (κ1) is 13.9. The van der Waals surface area contributed by atoms with Crippen LogP contribution in [0.2, 0.25) is 0 Å². The molecule has 0 fully saturated rings. The first-order chi connectivity index (χ1) is 6.64. The molecule has 0 heterocycles. The number of hydrogen-bond donors (Lipinski definition) is 0. The number of rotatable bonds is 8. The molecule has 1 heteroatoms. The van der Waals surface area contributed by atoms with E-state index in [1.807, 2.05) is 6.08 Å². The van der Waals surface area contributed by atoms with Gasteiger partial charge in [0.2, 0.25) is 0 Å². The summed E-state index contributed by atoms with van der Waals surface area (Å²) in [6, 6.07) is 0. The first-order valence-electron chi connectivity index (χ1n) is 5.94. The van der Waals surface area contributed by atoms with Gasteiger partial charge in [-0.3, -0.25) is 0 Å². The van der Waals surface area contributed by atoms with Crippen LogP contribution in [-0.4, -0.2) is 24.6 Å². The van der Waals surface area contributed by atoms with E-state index in [-0.39, 0.29) is 0 Å². The number of allylic oxidation sites excluding steroid dienone is 2. The Balaban J connectivity index is 3.94. The van der Waals surface area contributed by atoms with Crippen LogP contribution in [0.15, 0.2) is 24.8 Å². The molecule has 0 N–H and O–H groups in total. The number of hydrogen-bond acceptors (Lipinski definition) is 0. The van der Waals surface area contributed by atoms with Crippen LogP contribution in [0.3, 0.4) is 0 Å². The summed E-state index contributed by atoms with van der Waals surface area (Å²) in [5.74, 6) is 0. The van der Waals surface area contributed by atoms with Crippen molar-refractivity contribution in [3.63, 3.8) is 0 Å². The van der Waals surface area contributed by atoms with E-state index in [1.165, 1.54) is 36.6 Å². The van der Waals surface area contributed by atoms with Gasteiger partial charge in [0.25, 0.3) is 0 Å². The van der Waals surface area contributed by atoms with E-state index in [0.29, 0.717) is 0 Å². The van der Waals surface area contributed by atoms with E-state index >= 15 is 0 Å². The van der Waals surface area contributed by atoms with Gasteiger partial charge < -0.3 is 0 Å². The molecular formula is C13H27P. The zero-order valence-electron chi connectivity index (χ0n) is 10.2. The summed E-state index contributed by atoms with van der Waals surface area (Å²) < 4.78 is 0. The Morgan fingerprint density at radius 2 is 1.64 bits per heavy atom. The van der Waals surface area contributed by atoms with Crippen LogP contribution in [-0.2, 0) is 0 Å². The van der Waals surface area contributed by atoms with Gasteiger partial charge in [0.05, 0.1) is 0 Å². The Kier molecular flexibility index (Phi) is 7.19. The molecule has 0 aliphatic heterocycles. The molecule has 0 saturated heterocycles. The van der Waals surface area contributed by atoms with Crippen LogP contribution >= 0.6 is 7.26 Å². The molecule has 0 aromatic rings. The van der Waals surface area contributed by atoms with Crippen LogP contribution in [0.5, 0.6) is 0 Å². The fraction of sp³-hybridized carbons (Fsp3) is 0.692. The molecular weight excluding hydrogens is 187 g/mol. The van der Waals surface area contributed by atoms with Crippen LogP contribution in [0, 0.1) is 0 Å². The van der Waals surface area contributed by atoms with Gasteiger partial charge in [0, 0.05) is 0 Å². The van der Waals surface area contributed by atoms with E-state index in [1.54, 1.807) is 0 Å². The zero-order chi connectivity index (χ0) is 11.0. The van der Waals surface area contributed by atoms with Crippen LogP contribution in [0.1, 0.15) is 33.6 Å². The Labute approximate surface area is 90.8 Å². The van der Waals surface area contributed by atoms with Crippen molar-refractivity contribution in [1.29, 1.82) is 0 Å². The van der Waals surface area contributed by atoms with Gasteiger partial charge in [-0.15, -0.1) is 0 Å². The Morgan fingerprint density at radius 1 is 1.14 bits per heavy atom. The van der Waals surface area contributed by atoms with Gasteiger partial charge in [-0.1, -0.05) is 0 Å². The minimum absolute atomic E-state index is 0.872. The third-order valence-electron chi connectivity index (χ3n) is 3.74. The zero-order valence-corrected chi connectivity index (χ0v) is 11.2. The average molecular weight is 214 g/mol. The molecule has 0 unspecified atom stereocenters. The molecule has 0 saturated carbocycles. The predicted molar refractivity (Wildman–Crippen MR) is 73.4 cm³/mol. The van der Waals surface area contributed by atoms with E-state index in [0.717, 1.165) is 6.42 Å². The van der Waals surface area contributed by atoms with Crippen molar-refractivity contribution in [2.45, 2.75) is 33.6 Å². The van der Waals surface area contributed by atoms with Gasteiger partial charge in [-0.2, -0.15) is 0 Å². The summed E-state index contributed by atoms with van der Waals surface area (Å²) >= 11 is 0. The molecule has 0 spiro atoms. The molecule has 0 radical (unpaired) electrons. The molecule has 0 aliphatic carbocycles. The van der Waals surface area contributed by atoms with Gasteiger partial charge in [-0.25, -0.2) is 0 Å². The monoisotopic (exact) mass is 214 g/mol. The Bertz CT molecular complexity index is 169. The Hall–Kier alpha value is -0.0900. The molecule has 14 heavy (non-hydrogen) atoms. The molecule has 0 aromatic carbocycles. The summed E-state index contributed by atoms with van der Waals surface area (Å²) in [4.78, 5) is 0. The van der Waals surface area contributed by atoms with Crippen molar-refractivity contribution in [2.24, 2.45) is 0 Å². The van der Waals surface area contributed by atoms with Crippen molar-refractivity contribution in [3.05, 3.63) is 24.8 Å². The summed E-state index contributed by atoms with van der Waals surface area (Å²) in [6.45, 7) is 14.8. The molecule has 0 amide bonds. The molecule has 0 bridgehead atoms. The van der Waals surface area contributed by atoms with Crippen molar-refractivity contribution in [2.75, 3.05) is 24.6 Å². The average Bonchev–Trinajstić information content (AvgIpc) is 2.25. The fourth-order valence-electron chi connectivity index (χ4n) is 2.07. The third-order valence-corrected chi connectivity index (χ3v) is 9.66. The van der Waals surface area contributed by atoms with E-state index < -0.39 is 7.26 Å². The second-order valence-electron chi connectivity index (χ2n) is 4.28. The standard InChI is InChI=1S/C13H27P/c1-6-13(5)11-10-12-14(7-2,8-3)9-4/h6,14H,1,5,7-12H2,2-4H3. The minimum atomic E-state index is -0.872. The topological polar surface area (TPSA) is 0 Å². The molecule has 84 valence electrons. The Morgan fingerprint density at radius 3 is 2.00 bits per heavy atom. The molecule has 0 aliphatic rings. The van der Waals surface area contributed by atoms with Gasteiger partial charge in [0.1, 0.15) is 0 Å². The van der Waals surface area contributed by atoms with Crippen LogP contribution in [0.4, 0.5) is 0 Å². The van der Waals surface area contributed by atoms with Crippen LogP contribution < -0.4 is 0 Å². The second-order valence-corrected chi connectivity index (χ2v) is 9.90. The first-order valence-corrected chi connectivity index (χ1v) is 8.77. The summed E-state index contributed by atoms with van der Waals surface area (Å²) in [5.41, 5.74) is 1.20. The van der Waals surface area contributed by atoms with Crippen molar-refractivity contribution < 1.29 is 0 Å². The quantitative estimate of drug-likeness (QED) is 0.417. The van der Waals surface area contributed by atoms with Gasteiger partial charge in [-0.05, 0) is 0 Å². The molecule has 0 rings (SSSR count). The van der Waals surface area contributed by atoms with E-state index in [2.05, 4.69) is 33.9 Å². The van der Waals surface area contributed by atoms with Crippen molar-refractivity contribution >= 4 is 7.26 Å². The summed E-state index contributed by atoms with van der Waals surface area (Å²) in [6.07, 6.45) is 10.2. The summed E-state index contributed by atoms with van der Waals surface area (Å²) in [5, 5.41) is 0. The molecule has 0 nitrogen and oxygen atoms in total. The molecule has 0 aromatic heterocycles. The third kappa shape index (κ3) is 4.42. The maximum absolute atomic E-state index is 3.97. The van der Waals surface area contributed by atoms with E-state index in [4.69, 9.17) is 0 Å². The van der Waals surface area contributed by atoms with Gasteiger partial charge in [0.15, 0.2) is 0 Å². The van der Waals surface area contributed by atoms with Crippen molar-refractivity contribution in [3.8, 4) is 0 Å².